The number of nitrogens with one attached hydrogen (secondary N) is 1. The molecule has 1 N–H and O–H groups in total. The fourth-order valence-electron chi connectivity index (χ4n) is 2.16. The quantitative estimate of drug-likeness (QED) is 0.625. The first-order chi connectivity index (χ1) is 6.29. The van der Waals surface area contributed by atoms with Crippen LogP contribution in [-0.2, 0) is 0 Å². The van der Waals surface area contributed by atoms with E-state index in [1.54, 1.807) is 0 Å². The van der Waals surface area contributed by atoms with E-state index in [-0.39, 0.29) is 7.43 Å². The molecule has 2 aliphatic rings. The van der Waals surface area contributed by atoms with Gasteiger partial charge in [0.15, 0.2) is 0 Å². The van der Waals surface area contributed by atoms with Gasteiger partial charge in [-0.25, -0.2) is 0 Å². The van der Waals surface area contributed by atoms with Crippen LogP contribution in [-0.4, -0.2) is 13.1 Å². The van der Waals surface area contributed by atoms with Crippen molar-refractivity contribution >= 4 is 0 Å². The molecule has 1 saturated carbocycles. The second-order valence-corrected chi connectivity index (χ2v) is 4.84. The predicted octanol–water partition coefficient (Wildman–Crippen LogP) is 3.84. The maximum atomic E-state index is 3.33. The highest BCUT2D eigenvalue weighted by molar-refractivity contribution is 4.63. The molecule has 0 radical (unpaired) electrons. The van der Waals surface area contributed by atoms with E-state index in [1.807, 2.05) is 0 Å². The molecule has 1 atom stereocenters. The highest BCUT2D eigenvalue weighted by Gasteiger charge is 2.07. The molecule has 1 saturated heterocycles. The minimum atomic E-state index is 0. The third kappa shape index (κ3) is 6.42. The fraction of sp³-hybridized carbons (Fsp3) is 1.00. The standard InChI is InChI=1S/C6H13N.C6H12.CH4/c1-6-3-2-4-7-5-6;1-6-4-2-3-5-6;/h6-7H,2-5H2,1H3;6H,2-5H2,1H3;1H4. The molecule has 1 aliphatic carbocycles. The number of hydrogen-bond donors (Lipinski definition) is 1. The summed E-state index contributed by atoms with van der Waals surface area (Å²) in [6.45, 7) is 7.11. The van der Waals surface area contributed by atoms with Crippen molar-refractivity contribution in [3.8, 4) is 0 Å². The van der Waals surface area contributed by atoms with Gasteiger partial charge in [0.25, 0.3) is 0 Å². The van der Waals surface area contributed by atoms with Gasteiger partial charge in [-0.3, -0.25) is 0 Å². The Hall–Kier alpha value is -0.0400. The maximum Gasteiger partial charge on any atom is -0.00231 e. The first kappa shape index (κ1) is 14.0. The molecule has 1 unspecified atom stereocenters. The molecule has 1 aliphatic heterocycles. The smallest absolute Gasteiger partial charge is 0.00231 e. The van der Waals surface area contributed by atoms with Crippen LogP contribution >= 0.6 is 0 Å². The van der Waals surface area contributed by atoms with E-state index in [9.17, 15) is 0 Å². The Morgan fingerprint density at radius 2 is 1.43 bits per heavy atom. The van der Waals surface area contributed by atoms with Crippen LogP contribution in [0.25, 0.3) is 0 Å². The Morgan fingerprint density at radius 3 is 1.64 bits per heavy atom. The average molecular weight is 199 g/mol. The van der Waals surface area contributed by atoms with Crippen molar-refractivity contribution in [1.29, 1.82) is 0 Å². The van der Waals surface area contributed by atoms with E-state index < -0.39 is 0 Å². The van der Waals surface area contributed by atoms with Crippen LogP contribution in [0.2, 0.25) is 0 Å². The Morgan fingerprint density at radius 1 is 0.857 bits per heavy atom. The molecule has 0 aromatic carbocycles. The van der Waals surface area contributed by atoms with Crippen LogP contribution in [0, 0.1) is 11.8 Å². The Balaban J connectivity index is 0.000000227. The Bertz CT molecular complexity index is 110. The van der Waals surface area contributed by atoms with Gasteiger partial charge in [0.2, 0.25) is 0 Å². The summed E-state index contributed by atoms with van der Waals surface area (Å²) in [5.41, 5.74) is 0. The summed E-state index contributed by atoms with van der Waals surface area (Å²) < 4.78 is 0. The third-order valence-corrected chi connectivity index (χ3v) is 3.19. The molecule has 0 bridgehead atoms. The largest absolute Gasteiger partial charge is 0.316 e. The van der Waals surface area contributed by atoms with E-state index >= 15 is 0 Å². The summed E-state index contributed by atoms with van der Waals surface area (Å²) in [7, 11) is 0. The van der Waals surface area contributed by atoms with Gasteiger partial charge in [-0.05, 0) is 37.8 Å². The van der Waals surface area contributed by atoms with Crippen LogP contribution in [0.1, 0.15) is 59.8 Å². The molecular weight excluding hydrogens is 170 g/mol. The molecule has 2 fully saturated rings. The second-order valence-electron chi connectivity index (χ2n) is 4.84. The van der Waals surface area contributed by atoms with Crippen molar-refractivity contribution < 1.29 is 0 Å². The van der Waals surface area contributed by atoms with E-state index in [0.717, 1.165) is 11.8 Å². The van der Waals surface area contributed by atoms with Crippen molar-refractivity contribution in [3.05, 3.63) is 0 Å². The molecule has 86 valence electrons. The van der Waals surface area contributed by atoms with Crippen molar-refractivity contribution in [2.75, 3.05) is 13.1 Å². The molecule has 14 heavy (non-hydrogen) atoms. The lowest BCUT2D eigenvalue weighted by atomic mass is 10.0. The third-order valence-electron chi connectivity index (χ3n) is 3.19. The van der Waals surface area contributed by atoms with Gasteiger partial charge in [-0.1, -0.05) is 47.0 Å². The van der Waals surface area contributed by atoms with Crippen LogP contribution in [0.3, 0.4) is 0 Å². The SMILES string of the molecule is C.CC1CCCC1.CC1CCCNC1. The van der Waals surface area contributed by atoms with E-state index in [4.69, 9.17) is 0 Å². The van der Waals surface area contributed by atoms with Crippen LogP contribution in [0.5, 0.6) is 0 Å². The summed E-state index contributed by atoms with van der Waals surface area (Å²) in [6.07, 6.45) is 8.75. The number of rotatable bonds is 0. The van der Waals surface area contributed by atoms with E-state index in [1.165, 1.54) is 51.6 Å². The van der Waals surface area contributed by atoms with Gasteiger partial charge in [-0.15, -0.1) is 0 Å². The highest BCUT2D eigenvalue weighted by Crippen LogP contribution is 2.22. The first-order valence-corrected chi connectivity index (χ1v) is 5.99. The molecule has 0 amide bonds. The van der Waals surface area contributed by atoms with Gasteiger partial charge < -0.3 is 5.32 Å². The summed E-state index contributed by atoms with van der Waals surface area (Å²) in [6, 6.07) is 0. The van der Waals surface area contributed by atoms with Crippen molar-refractivity contribution in [3.63, 3.8) is 0 Å². The number of piperidine rings is 1. The lowest BCUT2D eigenvalue weighted by Gasteiger charge is -2.17. The Kier molecular flexibility index (Phi) is 8.26. The molecule has 2 rings (SSSR count). The van der Waals surface area contributed by atoms with E-state index in [0.29, 0.717) is 0 Å². The van der Waals surface area contributed by atoms with Crippen molar-refractivity contribution in [2.24, 2.45) is 11.8 Å². The normalized spacial score (nSPS) is 27.4. The Labute approximate surface area is 90.7 Å². The molecule has 0 spiro atoms. The van der Waals surface area contributed by atoms with Gasteiger partial charge in [0.05, 0.1) is 0 Å². The summed E-state index contributed by atoms with van der Waals surface area (Å²) in [4.78, 5) is 0. The summed E-state index contributed by atoms with van der Waals surface area (Å²) >= 11 is 0. The minimum Gasteiger partial charge on any atom is -0.316 e. The zero-order chi connectivity index (χ0) is 9.52. The van der Waals surface area contributed by atoms with Gasteiger partial charge >= 0.3 is 0 Å². The zero-order valence-electron chi connectivity index (χ0n) is 9.31. The molecule has 0 aromatic rings. The maximum absolute atomic E-state index is 3.33. The molecule has 1 nitrogen and oxygen atoms in total. The lowest BCUT2D eigenvalue weighted by molar-refractivity contribution is 0.405. The van der Waals surface area contributed by atoms with Crippen LogP contribution in [0.4, 0.5) is 0 Å². The molecular formula is C13H29N. The van der Waals surface area contributed by atoms with Gasteiger partial charge in [-0.2, -0.15) is 0 Å². The molecule has 1 heteroatoms. The van der Waals surface area contributed by atoms with Crippen LogP contribution in [0.15, 0.2) is 0 Å². The van der Waals surface area contributed by atoms with Crippen molar-refractivity contribution in [1.82, 2.24) is 5.32 Å². The zero-order valence-corrected chi connectivity index (χ0v) is 9.31. The van der Waals surface area contributed by atoms with Gasteiger partial charge in [0, 0.05) is 0 Å². The monoisotopic (exact) mass is 199 g/mol. The second kappa shape index (κ2) is 8.28. The van der Waals surface area contributed by atoms with Gasteiger partial charge in [0.1, 0.15) is 0 Å². The topological polar surface area (TPSA) is 12.0 Å². The minimum absolute atomic E-state index is 0. The highest BCUT2D eigenvalue weighted by atomic mass is 14.9. The number of hydrogen-bond acceptors (Lipinski definition) is 1. The van der Waals surface area contributed by atoms with E-state index in [2.05, 4.69) is 19.2 Å². The lowest BCUT2D eigenvalue weighted by Crippen LogP contribution is -2.27. The summed E-state index contributed by atoms with van der Waals surface area (Å²) in [5.74, 6) is 1.97. The fourth-order valence-corrected chi connectivity index (χ4v) is 2.16. The predicted molar refractivity (Wildman–Crippen MR) is 65.6 cm³/mol. The van der Waals surface area contributed by atoms with Crippen molar-refractivity contribution in [2.45, 2.75) is 59.8 Å². The van der Waals surface area contributed by atoms with Crippen LogP contribution < -0.4 is 5.32 Å². The summed E-state index contributed by atoms with van der Waals surface area (Å²) in [5, 5.41) is 3.33. The average Bonchev–Trinajstić information content (AvgIpc) is 2.58. The molecule has 0 aromatic heterocycles. The molecule has 1 heterocycles. The first-order valence-electron chi connectivity index (χ1n) is 5.99.